The number of nitrogens with two attached hydrogens (primary N) is 1. The van der Waals surface area contributed by atoms with Gasteiger partial charge >= 0.3 is 5.97 Å². The van der Waals surface area contributed by atoms with Gasteiger partial charge in [0.15, 0.2) is 0 Å². The normalized spacial score (nSPS) is 23.9. The molecular formula is C13H22N4O3. The number of anilines is 1. The molecule has 1 aliphatic rings. The number of carboxylic acids is 1. The molecule has 0 aromatic carbocycles. The first-order chi connectivity index (χ1) is 9.38. The number of aryl methyl sites for hydroxylation is 1. The second-order valence-electron chi connectivity index (χ2n) is 5.39. The SMILES string of the molecule is Cc1nn(CCN2C[C@@H](C)O[C@@H](C)C2)c(N)c1C(=O)O. The van der Waals surface area contributed by atoms with E-state index in [1.807, 2.05) is 0 Å². The number of aromatic nitrogens is 2. The molecule has 2 rings (SSSR count). The van der Waals surface area contributed by atoms with Crippen molar-refractivity contribution in [3.8, 4) is 0 Å². The molecule has 1 aromatic rings. The molecule has 1 aromatic heterocycles. The lowest BCUT2D eigenvalue weighted by atomic mass is 10.2. The molecule has 0 unspecified atom stereocenters. The van der Waals surface area contributed by atoms with E-state index in [2.05, 4.69) is 23.8 Å². The Balaban J connectivity index is 2.01. The van der Waals surface area contributed by atoms with Gasteiger partial charge in [-0.15, -0.1) is 0 Å². The zero-order valence-corrected chi connectivity index (χ0v) is 12.2. The molecule has 1 fully saturated rings. The average Bonchev–Trinajstić information content (AvgIpc) is 2.60. The predicted octanol–water partition coefficient (Wildman–Crippen LogP) is 0.581. The lowest BCUT2D eigenvalue weighted by molar-refractivity contribution is -0.0687. The first-order valence-electron chi connectivity index (χ1n) is 6.82. The van der Waals surface area contributed by atoms with Crippen LogP contribution in [0.5, 0.6) is 0 Å². The fourth-order valence-electron chi connectivity index (χ4n) is 2.74. The molecule has 0 saturated carbocycles. The Morgan fingerprint density at radius 2 is 2.00 bits per heavy atom. The number of nitrogen functional groups attached to an aromatic ring is 1. The second kappa shape index (κ2) is 5.80. The summed E-state index contributed by atoms with van der Waals surface area (Å²) < 4.78 is 7.25. The van der Waals surface area contributed by atoms with Gasteiger partial charge in [-0.05, 0) is 20.8 Å². The summed E-state index contributed by atoms with van der Waals surface area (Å²) in [7, 11) is 0. The summed E-state index contributed by atoms with van der Waals surface area (Å²) in [5.74, 6) is -0.802. The van der Waals surface area contributed by atoms with Crippen molar-refractivity contribution in [1.82, 2.24) is 14.7 Å². The Morgan fingerprint density at radius 3 is 2.50 bits per heavy atom. The lowest BCUT2D eigenvalue weighted by Gasteiger charge is -2.35. The highest BCUT2D eigenvalue weighted by atomic mass is 16.5. The fourth-order valence-corrected chi connectivity index (χ4v) is 2.74. The maximum absolute atomic E-state index is 11.1. The third-order valence-corrected chi connectivity index (χ3v) is 3.50. The smallest absolute Gasteiger partial charge is 0.341 e. The van der Waals surface area contributed by atoms with E-state index in [-0.39, 0.29) is 23.6 Å². The van der Waals surface area contributed by atoms with Crippen molar-refractivity contribution < 1.29 is 14.6 Å². The molecule has 112 valence electrons. The van der Waals surface area contributed by atoms with Crippen LogP contribution in [0, 0.1) is 6.92 Å². The molecule has 1 saturated heterocycles. The van der Waals surface area contributed by atoms with Crippen LogP contribution in [0.1, 0.15) is 29.9 Å². The summed E-state index contributed by atoms with van der Waals surface area (Å²) in [4.78, 5) is 13.4. The molecule has 7 nitrogen and oxygen atoms in total. The van der Waals surface area contributed by atoms with Gasteiger partial charge in [0.05, 0.1) is 24.4 Å². The van der Waals surface area contributed by atoms with Crippen molar-refractivity contribution in [1.29, 1.82) is 0 Å². The Kier molecular flexibility index (Phi) is 4.29. The van der Waals surface area contributed by atoms with Crippen molar-refractivity contribution >= 4 is 11.8 Å². The minimum atomic E-state index is -1.03. The van der Waals surface area contributed by atoms with E-state index in [9.17, 15) is 4.79 Å². The van der Waals surface area contributed by atoms with Crippen LogP contribution in [-0.2, 0) is 11.3 Å². The van der Waals surface area contributed by atoms with E-state index in [1.54, 1.807) is 11.6 Å². The molecule has 20 heavy (non-hydrogen) atoms. The maximum atomic E-state index is 11.1. The van der Waals surface area contributed by atoms with Crippen molar-refractivity contribution in [2.75, 3.05) is 25.4 Å². The molecule has 2 heterocycles. The van der Waals surface area contributed by atoms with Crippen LogP contribution >= 0.6 is 0 Å². The predicted molar refractivity (Wildman–Crippen MR) is 74.8 cm³/mol. The highest BCUT2D eigenvalue weighted by Crippen LogP contribution is 2.17. The molecule has 3 N–H and O–H groups in total. The molecular weight excluding hydrogens is 260 g/mol. The second-order valence-corrected chi connectivity index (χ2v) is 5.39. The summed E-state index contributed by atoms with van der Waals surface area (Å²) >= 11 is 0. The van der Waals surface area contributed by atoms with E-state index < -0.39 is 5.97 Å². The van der Waals surface area contributed by atoms with Crippen LogP contribution in [0.4, 0.5) is 5.82 Å². The zero-order valence-electron chi connectivity index (χ0n) is 12.2. The number of nitrogens with zero attached hydrogens (tertiary/aromatic N) is 3. The third kappa shape index (κ3) is 3.10. The Bertz CT molecular complexity index is 490. The first kappa shape index (κ1) is 14.8. The molecule has 0 amide bonds. The third-order valence-electron chi connectivity index (χ3n) is 3.50. The summed E-state index contributed by atoms with van der Waals surface area (Å²) in [6, 6.07) is 0. The number of rotatable bonds is 4. The Labute approximate surface area is 118 Å². The van der Waals surface area contributed by atoms with E-state index >= 15 is 0 Å². The number of carbonyl (C=O) groups is 1. The number of hydrogen-bond acceptors (Lipinski definition) is 5. The zero-order chi connectivity index (χ0) is 14.9. The first-order valence-corrected chi connectivity index (χ1v) is 6.82. The monoisotopic (exact) mass is 282 g/mol. The van der Waals surface area contributed by atoms with E-state index in [0.29, 0.717) is 12.2 Å². The minimum Gasteiger partial charge on any atom is -0.477 e. The van der Waals surface area contributed by atoms with Gasteiger partial charge in [0.2, 0.25) is 0 Å². The molecule has 0 radical (unpaired) electrons. The summed E-state index contributed by atoms with van der Waals surface area (Å²) in [6.07, 6.45) is 0.426. The topological polar surface area (TPSA) is 93.6 Å². The highest BCUT2D eigenvalue weighted by Gasteiger charge is 2.23. The number of carboxylic acid groups (broad SMARTS) is 1. The minimum absolute atomic E-state index is 0.105. The molecule has 0 bridgehead atoms. The Morgan fingerprint density at radius 1 is 1.40 bits per heavy atom. The standard InChI is InChI=1S/C13H22N4O3/c1-8-6-16(7-9(2)20-8)4-5-17-12(14)11(13(18)19)10(3)15-17/h8-9H,4-7,14H2,1-3H3,(H,18,19)/t8-,9+. The van der Waals surface area contributed by atoms with Gasteiger partial charge in [-0.2, -0.15) is 5.10 Å². The summed E-state index contributed by atoms with van der Waals surface area (Å²) in [5.41, 5.74) is 6.41. The Hall–Kier alpha value is -1.60. The van der Waals surface area contributed by atoms with E-state index in [1.165, 1.54) is 0 Å². The van der Waals surface area contributed by atoms with Gasteiger partial charge in [-0.3, -0.25) is 4.90 Å². The highest BCUT2D eigenvalue weighted by molar-refractivity contribution is 5.93. The van der Waals surface area contributed by atoms with Crippen LogP contribution in [0.25, 0.3) is 0 Å². The van der Waals surface area contributed by atoms with E-state index in [4.69, 9.17) is 15.6 Å². The van der Waals surface area contributed by atoms with Gasteiger partial charge < -0.3 is 15.6 Å². The van der Waals surface area contributed by atoms with Gasteiger partial charge in [0.1, 0.15) is 11.4 Å². The van der Waals surface area contributed by atoms with Crippen LogP contribution in [0.2, 0.25) is 0 Å². The van der Waals surface area contributed by atoms with Gasteiger partial charge in [0.25, 0.3) is 0 Å². The van der Waals surface area contributed by atoms with Crippen LogP contribution < -0.4 is 5.73 Å². The maximum Gasteiger partial charge on any atom is 0.341 e. The fraction of sp³-hybridized carbons (Fsp3) is 0.692. The van der Waals surface area contributed by atoms with Crippen molar-refractivity contribution in [2.45, 2.75) is 39.5 Å². The van der Waals surface area contributed by atoms with Gasteiger partial charge in [-0.1, -0.05) is 0 Å². The number of morpholine rings is 1. The summed E-state index contributed by atoms with van der Waals surface area (Å²) in [6.45, 7) is 8.87. The largest absolute Gasteiger partial charge is 0.477 e. The molecule has 1 aliphatic heterocycles. The number of aromatic carboxylic acids is 1. The van der Waals surface area contributed by atoms with Crippen molar-refractivity contribution in [2.24, 2.45) is 0 Å². The van der Waals surface area contributed by atoms with Crippen LogP contribution in [0.15, 0.2) is 0 Å². The van der Waals surface area contributed by atoms with Gasteiger partial charge in [0, 0.05) is 19.6 Å². The molecule has 0 spiro atoms. The van der Waals surface area contributed by atoms with Crippen molar-refractivity contribution in [3.05, 3.63) is 11.3 Å². The molecule has 0 aliphatic carbocycles. The summed E-state index contributed by atoms with van der Waals surface area (Å²) in [5, 5.41) is 13.3. The number of ether oxygens (including phenoxy) is 1. The average molecular weight is 282 g/mol. The lowest BCUT2D eigenvalue weighted by Crippen LogP contribution is -2.46. The molecule has 7 heteroatoms. The van der Waals surface area contributed by atoms with Crippen LogP contribution in [0.3, 0.4) is 0 Å². The quantitative estimate of drug-likeness (QED) is 0.839. The van der Waals surface area contributed by atoms with Crippen molar-refractivity contribution in [3.63, 3.8) is 0 Å². The number of hydrogen-bond donors (Lipinski definition) is 2. The molecule has 2 atom stereocenters. The van der Waals surface area contributed by atoms with Crippen LogP contribution in [-0.4, -0.2) is 57.6 Å². The van der Waals surface area contributed by atoms with E-state index in [0.717, 1.165) is 19.6 Å². The van der Waals surface area contributed by atoms with Gasteiger partial charge in [-0.25, -0.2) is 9.48 Å².